The fraction of sp³-hybridized carbons (Fsp3) is 0.529. The van der Waals surface area contributed by atoms with Gasteiger partial charge in [0.15, 0.2) is 0 Å². The Morgan fingerprint density at radius 1 is 1.23 bits per heavy atom. The Kier molecular flexibility index (Phi) is 8.60. The molecular weight excluding hydrogens is 300 g/mol. The second kappa shape index (κ2) is 10.2. The second-order valence-corrected chi connectivity index (χ2v) is 5.75. The summed E-state index contributed by atoms with van der Waals surface area (Å²) in [7, 11) is 0. The van der Waals surface area contributed by atoms with E-state index in [1.165, 1.54) is 6.92 Å². The van der Waals surface area contributed by atoms with Gasteiger partial charge in [-0.25, -0.2) is 0 Å². The standard InChI is InChI=1S/C17H25ClN2O2/c1-3-4-7-11-19-17(22)10-12-20(14(2)21)13-15-8-5-6-9-16(15)18/h5-6,8-9H,3-4,7,10-13H2,1-2H3,(H,19,22). The molecule has 0 aromatic heterocycles. The van der Waals surface area contributed by atoms with E-state index in [0.29, 0.717) is 31.1 Å². The van der Waals surface area contributed by atoms with Crippen molar-refractivity contribution >= 4 is 23.4 Å². The smallest absolute Gasteiger partial charge is 0.221 e. The van der Waals surface area contributed by atoms with Crippen molar-refractivity contribution < 1.29 is 9.59 Å². The van der Waals surface area contributed by atoms with Crippen LogP contribution in [-0.2, 0) is 16.1 Å². The first-order chi connectivity index (χ1) is 10.5. The van der Waals surface area contributed by atoms with E-state index in [2.05, 4.69) is 12.2 Å². The van der Waals surface area contributed by atoms with E-state index in [9.17, 15) is 9.59 Å². The van der Waals surface area contributed by atoms with E-state index in [4.69, 9.17) is 11.6 Å². The van der Waals surface area contributed by atoms with Crippen LogP contribution in [0.15, 0.2) is 24.3 Å². The van der Waals surface area contributed by atoms with Gasteiger partial charge in [0.1, 0.15) is 0 Å². The Labute approximate surface area is 137 Å². The highest BCUT2D eigenvalue weighted by atomic mass is 35.5. The molecule has 1 N–H and O–H groups in total. The van der Waals surface area contributed by atoms with Crippen molar-refractivity contribution in [3.8, 4) is 0 Å². The summed E-state index contributed by atoms with van der Waals surface area (Å²) in [5.74, 6) is -0.0692. The van der Waals surface area contributed by atoms with Gasteiger partial charge >= 0.3 is 0 Å². The van der Waals surface area contributed by atoms with Gasteiger partial charge in [-0.15, -0.1) is 0 Å². The van der Waals surface area contributed by atoms with E-state index in [1.54, 1.807) is 11.0 Å². The Morgan fingerprint density at radius 3 is 2.59 bits per heavy atom. The van der Waals surface area contributed by atoms with Gasteiger partial charge in [0, 0.05) is 38.0 Å². The molecule has 22 heavy (non-hydrogen) atoms. The molecule has 5 heteroatoms. The normalized spacial score (nSPS) is 10.3. The summed E-state index contributed by atoms with van der Waals surface area (Å²) >= 11 is 6.12. The fourth-order valence-electron chi connectivity index (χ4n) is 2.11. The SMILES string of the molecule is CCCCCNC(=O)CCN(Cc1ccccc1Cl)C(C)=O. The maximum Gasteiger partial charge on any atom is 0.221 e. The van der Waals surface area contributed by atoms with Crippen molar-refractivity contribution in [3.63, 3.8) is 0 Å². The number of nitrogens with zero attached hydrogens (tertiary/aromatic N) is 1. The van der Waals surface area contributed by atoms with Crippen LogP contribution < -0.4 is 5.32 Å². The summed E-state index contributed by atoms with van der Waals surface area (Å²) in [5.41, 5.74) is 0.891. The van der Waals surface area contributed by atoms with E-state index in [0.717, 1.165) is 24.8 Å². The van der Waals surface area contributed by atoms with Crippen LogP contribution in [-0.4, -0.2) is 29.8 Å². The van der Waals surface area contributed by atoms with E-state index < -0.39 is 0 Å². The highest BCUT2D eigenvalue weighted by Gasteiger charge is 2.13. The molecule has 0 bridgehead atoms. The molecular formula is C17H25ClN2O2. The molecule has 0 aliphatic heterocycles. The molecule has 0 atom stereocenters. The molecule has 2 amide bonds. The van der Waals surface area contributed by atoms with Crippen LogP contribution in [0.3, 0.4) is 0 Å². The number of hydrogen-bond acceptors (Lipinski definition) is 2. The number of benzene rings is 1. The summed E-state index contributed by atoms with van der Waals surface area (Å²) in [6.07, 6.45) is 3.56. The molecule has 1 aromatic rings. The molecule has 4 nitrogen and oxygen atoms in total. The van der Waals surface area contributed by atoms with Crippen molar-refractivity contribution in [3.05, 3.63) is 34.9 Å². The third kappa shape index (κ3) is 6.94. The van der Waals surface area contributed by atoms with Gasteiger partial charge in [0.05, 0.1) is 0 Å². The monoisotopic (exact) mass is 324 g/mol. The molecule has 1 rings (SSSR count). The zero-order valence-electron chi connectivity index (χ0n) is 13.4. The number of unbranched alkanes of at least 4 members (excludes halogenated alkanes) is 2. The molecule has 1 aromatic carbocycles. The number of hydrogen-bond donors (Lipinski definition) is 1. The lowest BCUT2D eigenvalue weighted by molar-refractivity contribution is -0.130. The van der Waals surface area contributed by atoms with Gasteiger partial charge in [-0.2, -0.15) is 0 Å². The van der Waals surface area contributed by atoms with Gasteiger partial charge < -0.3 is 10.2 Å². The maximum absolute atomic E-state index is 11.8. The minimum absolute atomic E-state index is 0.0125. The van der Waals surface area contributed by atoms with Crippen LogP contribution in [0.4, 0.5) is 0 Å². The first-order valence-electron chi connectivity index (χ1n) is 7.80. The number of nitrogens with one attached hydrogen (secondary N) is 1. The minimum Gasteiger partial charge on any atom is -0.356 e. The fourth-order valence-corrected chi connectivity index (χ4v) is 2.30. The van der Waals surface area contributed by atoms with Crippen molar-refractivity contribution in [1.29, 1.82) is 0 Å². The average Bonchev–Trinajstić information content (AvgIpc) is 2.49. The molecule has 0 spiro atoms. The minimum atomic E-state index is -0.0568. The summed E-state index contributed by atoms with van der Waals surface area (Å²) in [6, 6.07) is 7.44. The zero-order chi connectivity index (χ0) is 16.4. The van der Waals surface area contributed by atoms with Gasteiger partial charge in [0.25, 0.3) is 0 Å². The maximum atomic E-state index is 11.8. The molecule has 0 saturated heterocycles. The molecule has 0 aliphatic carbocycles. The van der Waals surface area contributed by atoms with Crippen molar-refractivity contribution in [1.82, 2.24) is 10.2 Å². The number of carbonyl (C=O) groups is 2. The van der Waals surface area contributed by atoms with Crippen molar-refractivity contribution in [2.45, 2.75) is 46.1 Å². The quantitative estimate of drug-likeness (QED) is 0.708. The highest BCUT2D eigenvalue weighted by Crippen LogP contribution is 2.17. The number of halogens is 1. The largest absolute Gasteiger partial charge is 0.356 e. The molecule has 122 valence electrons. The lowest BCUT2D eigenvalue weighted by atomic mass is 10.2. The molecule has 0 fully saturated rings. The Bertz CT molecular complexity index is 491. The Hall–Kier alpha value is -1.55. The summed E-state index contributed by atoms with van der Waals surface area (Å²) in [5, 5.41) is 3.52. The molecule has 0 saturated carbocycles. The van der Waals surface area contributed by atoms with Crippen LogP contribution in [0, 0.1) is 0 Å². The second-order valence-electron chi connectivity index (χ2n) is 5.34. The van der Waals surface area contributed by atoms with Gasteiger partial charge in [-0.3, -0.25) is 9.59 Å². The average molecular weight is 325 g/mol. The Morgan fingerprint density at radius 2 is 1.95 bits per heavy atom. The lowest BCUT2D eigenvalue weighted by Gasteiger charge is -2.21. The van der Waals surface area contributed by atoms with Crippen LogP contribution >= 0.6 is 11.6 Å². The van der Waals surface area contributed by atoms with Crippen LogP contribution in [0.1, 0.15) is 45.1 Å². The summed E-state index contributed by atoms with van der Waals surface area (Å²) < 4.78 is 0. The van der Waals surface area contributed by atoms with E-state index in [-0.39, 0.29) is 11.8 Å². The summed E-state index contributed by atoms with van der Waals surface area (Å²) in [4.78, 5) is 25.1. The van der Waals surface area contributed by atoms with E-state index in [1.807, 2.05) is 18.2 Å². The predicted molar refractivity (Wildman–Crippen MR) is 89.7 cm³/mol. The van der Waals surface area contributed by atoms with Crippen LogP contribution in [0.25, 0.3) is 0 Å². The molecule has 0 unspecified atom stereocenters. The Balaban J connectivity index is 2.43. The van der Waals surface area contributed by atoms with Crippen LogP contribution in [0.2, 0.25) is 5.02 Å². The number of amides is 2. The molecule has 0 heterocycles. The first kappa shape index (κ1) is 18.5. The van der Waals surface area contributed by atoms with Gasteiger partial charge in [-0.1, -0.05) is 49.6 Å². The topological polar surface area (TPSA) is 49.4 Å². The van der Waals surface area contributed by atoms with Gasteiger partial charge in [0.2, 0.25) is 11.8 Å². The highest BCUT2D eigenvalue weighted by molar-refractivity contribution is 6.31. The van der Waals surface area contributed by atoms with E-state index >= 15 is 0 Å². The third-order valence-corrected chi connectivity index (χ3v) is 3.84. The number of rotatable bonds is 9. The lowest BCUT2D eigenvalue weighted by Crippen LogP contribution is -2.33. The van der Waals surface area contributed by atoms with Crippen molar-refractivity contribution in [2.24, 2.45) is 0 Å². The molecule has 0 radical (unpaired) electrons. The third-order valence-electron chi connectivity index (χ3n) is 3.48. The first-order valence-corrected chi connectivity index (χ1v) is 8.18. The number of carbonyl (C=O) groups excluding carboxylic acids is 2. The molecule has 0 aliphatic rings. The zero-order valence-corrected chi connectivity index (χ0v) is 14.2. The van der Waals surface area contributed by atoms with Crippen molar-refractivity contribution in [2.75, 3.05) is 13.1 Å². The summed E-state index contributed by atoms with van der Waals surface area (Å²) in [6.45, 7) is 5.17. The van der Waals surface area contributed by atoms with Crippen LogP contribution in [0.5, 0.6) is 0 Å². The predicted octanol–water partition coefficient (Wildman–Crippen LogP) is 3.39. The van der Waals surface area contributed by atoms with Gasteiger partial charge in [-0.05, 0) is 18.1 Å².